The predicted molar refractivity (Wildman–Crippen MR) is 168 cm³/mol. The third-order valence-corrected chi connectivity index (χ3v) is 8.26. The average Bonchev–Trinajstić information content (AvgIpc) is 2.94. The third-order valence-electron chi connectivity index (χ3n) is 8.26. The van der Waals surface area contributed by atoms with Gasteiger partial charge in [-0.1, -0.05) is 52.7 Å². The van der Waals surface area contributed by atoms with Crippen molar-refractivity contribution in [2.24, 2.45) is 22.2 Å². The lowest BCUT2D eigenvalue weighted by molar-refractivity contribution is 0.0927. The van der Waals surface area contributed by atoms with Gasteiger partial charge in [0.25, 0.3) is 0 Å². The molecule has 6 nitrogen and oxygen atoms in total. The van der Waals surface area contributed by atoms with Crippen LogP contribution in [0, 0.1) is 22.7 Å². The Hall–Kier alpha value is -2.74. The molecular formula is C33H55F2N5O. The highest BCUT2D eigenvalue weighted by Crippen LogP contribution is 2.45. The molecule has 2 unspecified atom stereocenters. The minimum atomic E-state index is -0.905. The molecule has 1 heterocycles. The van der Waals surface area contributed by atoms with Gasteiger partial charge in [0.05, 0.1) is 6.61 Å². The quantitative estimate of drug-likeness (QED) is 0.227. The van der Waals surface area contributed by atoms with Gasteiger partial charge in [0, 0.05) is 45.7 Å². The number of hydrogen-bond donors (Lipinski definition) is 3. The van der Waals surface area contributed by atoms with Gasteiger partial charge in [-0.05, 0) is 80.6 Å². The molecule has 8 heteroatoms. The van der Waals surface area contributed by atoms with E-state index in [4.69, 9.17) is 10.1 Å². The van der Waals surface area contributed by atoms with Crippen molar-refractivity contribution in [3.8, 4) is 0 Å². The van der Waals surface area contributed by atoms with Crippen LogP contribution in [0.2, 0.25) is 0 Å². The first-order chi connectivity index (χ1) is 19.6. The normalized spacial score (nSPS) is 18.7. The molecule has 0 spiro atoms. The number of rotatable bonds is 12. The monoisotopic (exact) mass is 575 g/mol. The molecule has 2 atom stereocenters. The number of allylic oxidation sites excluding steroid dienone is 4. The molecule has 1 saturated carbocycles. The topological polar surface area (TPSA) is 74.4 Å². The first-order valence-electron chi connectivity index (χ1n) is 15.1. The molecule has 0 amide bonds. The summed E-state index contributed by atoms with van der Waals surface area (Å²) in [5.41, 5.74) is 3.14. The largest absolute Gasteiger partial charge is 0.494 e. The summed E-state index contributed by atoms with van der Waals surface area (Å²) >= 11 is 0. The van der Waals surface area contributed by atoms with Gasteiger partial charge in [0.1, 0.15) is 11.2 Å². The van der Waals surface area contributed by atoms with Crippen molar-refractivity contribution in [1.82, 2.24) is 15.2 Å². The molecule has 0 radical (unpaired) electrons. The Morgan fingerprint density at radius 1 is 1.24 bits per heavy atom. The summed E-state index contributed by atoms with van der Waals surface area (Å²) < 4.78 is 36.2. The second-order valence-electron chi connectivity index (χ2n) is 11.1. The first kappa shape index (κ1) is 36.3. The van der Waals surface area contributed by atoms with Crippen LogP contribution >= 0.6 is 0 Å². The Morgan fingerprint density at radius 3 is 2.46 bits per heavy atom. The lowest BCUT2D eigenvalue weighted by atomic mass is 9.62. The molecule has 41 heavy (non-hydrogen) atoms. The molecule has 0 aliphatic heterocycles. The number of aromatic nitrogens is 1. The second-order valence-corrected chi connectivity index (χ2v) is 11.1. The maximum atomic E-state index is 14.5. The van der Waals surface area contributed by atoms with Crippen LogP contribution in [0.1, 0.15) is 85.1 Å². The van der Waals surface area contributed by atoms with Gasteiger partial charge in [0.15, 0.2) is 11.7 Å². The maximum absolute atomic E-state index is 14.5. The fraction of sp³-hybridized carbons (Fsp3) is 0.636. The van der Waals surface area contributed by atoms with Crippen molar-refractivity contribution in [2.75, 3.05) is 34.3 Å². The number of pyridine rings is 1. The van der Waals surface area contributed by atoms with E-state index in [1.165, 1.54) is 25.3 Å². The zero-order chi connectivity index (χ0) is 31.0. The van der Waals surface area contributed by atoms with Crippen LogP contribution in [0.15, 0.2) is 58.6 Å². The lowest BCUT2D eigenvalue weighted by Gasteiger charge is -2.43. The smallest absolute Gasteiger partial charge is 0.196 e. The van der Waals surface area contributed by atoms with Crippen LogP contribution in [0.25, 0.3) is 0 Å². The Bertz CT molecular complexity index is 1100. The van der Waals surface area contributed by atoms with Gasteiger partial charge in [-0.25, -0.2) is 8.78 Å². The molecule has 0 aromatic carbocycles. The van der Waals surface area contributed by atoms with Crippen molar-refractivity contribution in [1.29, 1.82) is 5.41 Å². The van der Waals surface area contributed by atoms with E-state index >= 15 is 0 Å². The van der Waals surface area contributed by atoms with Gasteiger partial charge in [-0.15, -0.1) is 0 Å². The van der Waals surface area contributed by atoms with E-state index in [9.17, 15) is 8.78 Å². The minimum absolute atomic E-state index is 0.0682. The molecule has 3 rings (SSSR count). The summed E-state index contributed by atoms with van der Waals surface area (Å²) in [7, 11) is 5.44. The highest BCUT2D eigenvalue weighted by Gasteiger charge is 2.37. The molecule has 2 aliphatic carbocycles. The maximum Gasteiger partial charge on any atom is 0.196 e. The molecule has 0 saturated heterocycles. The summed E-state index contributed by atoms with van der Waals surface area (Å²) in [5.74, 6) is -0.736. The van der Waals surface area contributed by atoms with Crippen LogP contribution in [0.3, 0.4) is 0 Å². The minimum Gasteiger partial charge on any atom is -0.494 e. The molecular weight excluding hydrogens is 520 g/mol. The van der Waals surface area contributed by atoms with Gasteiger partial charge in [0.2, 0.25) is 0 Å². The highest BCUT2D eigenvalue weighted by atomic mass is 19.2. The summed E-state index contributed by atoms with van der Waals surface area (Å²) in [5, 5.41) is 13.3. The van der Waals surface area contributed by atoms with Gasteiger partial charge in [-0.3, -0.25) is 4.99 Å². The van der Waals surface area contributed by atoms with Crippen molar-refractivity contribution >= 4 is 6.21 Å². The number of ether oxygens (including phenoxy) is 1. The molecule has 0 bridgehead atoms. The summed E-state index contributed by atoms with van der Waals surface area (Å²) in [6.45, 7) is 14.5. The van der Waals surface area contributed by atoms with Gasteiger partial charge < -0.3 is 25.3 Å². The number of nitrogens with zero attached hydrogens (tertiary/aromatic N) is 2. The van der Waals surface area contributed by atoms with E-state index in [2.05, 4.69) is 36.4 Å². The van der Waals surface area contributed by atoms with Crippen molar-refractivity contribution in [3.63, 3.8) is 0 Å². The van der Waals surface area contributed by atoms with Crippen LogP contribution in [0.5, 0.6) is 0 Å². The first-order valence-corrected chi connectivity index (χ1v) is 15.1. The van der Waals surface area contributed by atoms with Crippen molar-refractivity contribution < 1.29 is 13.5 Å². The molecule has 232 valence electrons. The molecule has 1 aromatic rings. The number of halogens is 2. The van der Waals surface area contributed by atoms with E-state index in [1.54, 1.807) is 13.3 Å². The summed E-state index contributed by atoms with van der Waals surface area (Å²) in [6, 6.07) is 3.80. The third kappa shape index (κ3) is 10.6. The van der Waals surface area contributed by atoms with E-state index in [1.807, 2.05) is 64.0 Å². The van der Waals surface area contributed by atoms with Crippen molar-refractivity contribution in [3.05, 3.63) is 64.6 Å². The number of nitrogens with one attached hydrogen (secondary N) is 3. The van der Waals surface area contributed by atoms with Crippen LogP contribution in [0.4, 0.5) is 8.78 Å². The number of likely N-dealkylation sites (N-methyl/N-ethyl adjacent to an activating group) is 1. The van der Waals surface area contributed by atoms with Crippen LogP contribution in [-0.4, -0.2) is 45.1 Å². The Labute approximate surface area is 247 Å². The zero-order valence-corrected chi connectivity index (χ0v) is 26.9. The Kier molecular flexibility index (Phi) is 16.5. The summed E-state index contributed by atoms with van der Waals surface area (Å²) in [6.07, 6.45) is 11.8. The van der Waals surface area contributed by atoms with Crippen molar-refractivity contribution in [2.45, 2.75) is 86.1 Å². The Morgan fingerprint density at radius 2 is 1.93 bits per heavy atom. The zero-order valence-electron chi connectivity index (χ0n) is 26.9. The second kappa shape index (κ2) is 18.6. The fourth-order valence-corrected chi connectivity index (χ4v) is 4.90. The predicted octanol–water partition coefficient (Wildman–Crippen LogP) is 7.41. The van der Waals surface area contributed by atoms with E-state index in [0.717, 1.165) is 35.6 Å². The Balaban J connectivity index is 0.000000538. The standard InChI is InChI=1S/C21H30F2N4O.C10H19N.C2H6/c1-15(13-25-3)9-12-28-21-17(6-7-18(22)20(21)23)16-5-8-19(26-4)27(14-16)11-10-24-2;1-8(7-11)10(2,3)9-5-4-6-9;1-2/h5,7-8,13-14,17,24-25H,6,9-12H2,1-4H3;7-9,11H,4-6H2,1-3H3;1-2H3/b15-13+,26-19?;;. The van der Waals surface area contributed by atoms with Crippen LogP contribution in [-0.2, 0) is 11.3 Å². The lowest BCUT2D eigenvalue weighted by Crippen LogP contribution is -2.35. The highest BCUT2D eigenvalue weighted by molar-refractivity contribution is 5.57. The van der Waals surface area contributed by atoms with Crippen LogP contribution < -0.4 is 16.1 Å². The summed E-state index contributed by atoms with van der Waals surface area (Å²) in [4.78, 5) is 4.28. The van der Waals surface area contributed by atoms with E-state index in [-0.39, 0.29) is 11.7 Å². The fourth-order valence-electron chi connectivity index (χ4n) is 4.90. The molecule has 1 fully saturated rings. The SMILES string of the molecule is CC.CC(C=N)C(C)(C)C1CCC1.CN=c1ccc(C2CC=C(F)C(F)=C2OCC/C(C)=C/NC)cn1CCNC. The van der Waals surface area contributed by atoms with Gasteiger partial charge in [-0.2, -0.15) is 0 Å². The number of hydrogen-bond acceptors (Lipinski definition) is 5. The molecule has 3 N–H and O–H groups in total. The average molecular weight is 576 g/mol. The van der Waals surface area contributed by atoms with E-state index in [0.29, 0.717) is 30.8 Å². The van der Waals surface area contributed by atoms with Gasteiger partial charge >= 0.3 is 0 Å². The molecule has 1 aromatic heterocycles. The molecule has 2 aliphatic rings. The van der Waals surface area contributed by atoms with E-state index < -0.39 is 11.7 Å².